The van der Waals surface area contributed by atoms with Gasteiger partial charge in [0.2, 0.25) is 0 Å². The zero-order valence-corrected chi connectivity index (χ0v) is 10.2. The van der Waals surface area contributed by atoms with Crippen LogP contribution in [0.1, 0.15) is 15.9 Å². The highest BCUT2D eigenvalue weighted by molar-refractivity contribution is 5.75. The van der Waals surface area contributed by atoms with Crippen molar-refractivity contribution in [3.8, 4) is 11.5 Å². The molecule has 0 fully saturated rings. The maximum Gasteiger partial charge on any atom is 0.420 e. The first kappa shape index (κ1) is 15.0. The van der Waals surface area contributed by atoms with Crippen molar-refractivity contribution >= 4 is 6.29 Å². The molecule has 0 N–H and O–H groups in total. The maximum absolute atomic E-state index is 13.4. The summed E-state index contributed by atoms with van der Waals surface area (Å²) < 4.78 is 69.8. The second-order valence-electron chi connectivity index (χ2n) is 4.05. The van der Waals surface area contributed by atoms with Crippen LogP contribution < -0.4 is 4.74 Å². The molecule has 0 aliphatic rings. The van der Waals surface area contributed by atoms with Crippen molar-refractivity contribution < 1.29 is 31.5 Å². The Hall–Kier alpha value is -2.44. The molecule has 0 bridgehead atoms. The molecule has 0 heterocycles. The van der Waals surface area contributed by atoms with Crippen LogP contribution >= 0.6 is 0 Å². The fraction of sp³-hybridized carbons (Fsp3) is 0.0714. The number of hydrogen-bond donors (Lipinski definition) is 0. The largest absolute Gasteiger partial charge is 0.454 e. The lowest BCUT2D eigenvalue weighted by molar-refractivity contribution is -0.138. The summed E-state index contributed by atoms with van der Waals surface area (Å²) in [5.74, 6) is -3.27. The Kier molecular flexibility index (Phi) is 3.93. The summed E-state index contributed by atoms with van der Waals surface area (Å²) in [6.07, 6.45) is -4.57. The molecule has 0 spiro atoms. The van der Waals surface area contributed by atoms with E-state index in [1.165, 1.54) is 0 Å². The van der Waals surface area contributed by atoms with E-state index in [4.69, 9.17) is 4.74 Å². The number of hydrogen-bond acceptors (Lipinski definition) is 2. The predicted molar refractivity (Wildman–Crippen MR) is 63.3 cm³/mol. The third-order valence-corrected chi connectivity index (χ3v) is 2.56. The summed E-state index contributed by atoms with van der Waals surface area (Å²) in [6, 6.07) is 4.69. The van der Waals surface area contributed by atoms with Gasteiger partial charge in [-0.1, -0.05) is 0 Å². The Labute approximate surface area is 115 Å². The second kappa shape index (κ2) is 5.51. The molecule has 7 heteroatoms. The molecule has 0 aliphatic carbocycles. The van der Waals surface area contributed by atoms with Crippen LogP contribution in [-0.2, 0) is 6.18 Å². The van der Waals surface area contributed by atoms with Crippen molar-refractivity contribution in [2.24, 2.45) is 0 Å². The molecule has 0 unspecified atom stereocenters. The number of aldehydes is 1. The van der Waals surface area contributed by atoms with Gasteiger partial charge in [0, 0.05) is 11.6 Å². The van der Waals surface area contributed by atoms with Gasteiger partial charge in [0.1, 0.15) is 17.9 Å². The Bertz CT molecular complexity index is 680. The molecule has 2 nitrogen and oxygen atoms in total. The van der Waals surface area contributed by atoms with Gasteiger partial charge in [0.25, 0.3) is 0 Å². The number of carbonyl (C=O) groups excluding carboxylic acids is 1. The number of benzene rings is 2. The molecule has 2 aromatic carbocycles. The fourth-order valence-electron chi connectivity index (χ4n) is 1.61. The Balaban J connectivity index is 2.48. The summed E-state index contributed by atoms with van der Waals surface area (Å²) in [5.41, 5.74) is -1.47. The molecular formula is C14H7F5O2. The molecule has 0 amide bonds. The van der Waals surface area contributed by atoms with E-state index >= 15 is 0 Å². The molecular weight excluding hydrogens is 295 g/mol. The van der Waals surface area contributed by atoms with E-state index in [1.54, 1.807) is 0 Å². The highest BCUT2D eigenvalue weighted by Gasteiger charge is 2.35. The molecule has 0 saturated heterocycles. The average molecular weight is 302 g/mol. The number of halogens is 5. The third kappa shape index (κ3) is 3.36. The van der Waals surface area contributed by atoms with E-state index < -0.39 is 34.9 Å². The van der Waals surface area contributed by atoms with Gasteiger partial charge in [0.15, 0.2) is 11.6 Å². The molecule has 110 valence electrons. The minimum Gasteiger partial charge on any atom is -0.454 e. The standard InChI is InChI=1S/C14H7F5O2/c15-9-2-3-11(16)13(6-9)21-12-4-1-8(7-20)5-10(12)14(17,18)19/h1-7H. The molecule has 0 aromatic heterocycles. The van der Waals surface area contributed by atoms with E-state index in [9.17, 15) is 26.7 Å². The summed E-state index contributed by atoms with van der Waals surface area (Å²) >= 11 is 0. The van der Waals surface area contributed by atoms with E-state index in [0.29, 0.717) is 12.1 Å². The average Bonchev–Trinajstić information content (AvgIpc) is 2.42. The van der Waals surface area contributed by atoms with Crippen molar-refractivity contribution in [1.29, 1.82) is 0 Å². The van der Waals surface area contributed by atoms with Crippen LogP contribution in [0.4, 0.5) is 22.0 Å². The zero-order chi connectivity index (χ0) is 15.6. The lowest BCUT2D eigenvalue weighted by Gasteiger charge is -2.14. The molecule has 0 atom stereocenters. The van der Waals surface area contributed by atoms with Crippen molar-refractivity contribution in [2.75, 3.05) is 0 Å². The van der Waals surface area contributed by atoms with Crippen molar-refractivity contribution in [3.63, 3.8) is 0 Å². The van der Waals surface area contributed by atoms with Gasteiger partial charge in [-0.2, -0.15) is 13.2 Å². The first-order chi connectivity index (χ1) is 9.81. The minimum absolute atomic E-state index is 0.214. The Morgan fingerprint density at radius 2 is 1.67 bits per heavy atom. The minimum atomic E-state index is -4.81. The number of alkyl halides is 3. The summed E-state index contributed by atoms with van der Waals surface area (Å²) in [5, 5.41) is 0. The Morgan fingerprint density at radius 3 is 2.29 bits per heavy atom. The monoisotopic (exact) mass is 302 g/mol. The van der Waals surface area contributed by atoms with Crippen LogP contribution in [0.2, 0.25) is 0 Å². The zero-order valence-electron chi connectivity index (χ0n) is 10.2. The molecule has 21 heavy (non-hydrogen) atoms. The smallest absolute Gasteiger partial charge is 0.420 e. The van der Waals surface area contributed by atoms with Gasteiger partial charge >= 0.3 is 6.18 Å². The van der Waals surface area contributed by atoms with Crippen LogP contribution in [0, 0.1) is 11.6 Å². The van der Waals surface area contributed by atoms with Crippen molar-refractivity contribution in [3.05, 3.63) is 59.2 Å². The SMILES string of the molecule is O=Cc1ccc(Oc2cc(F)ccc2F)c(C(F)(F)F)c1. The van der Waals surface area contributed by atoms with Crippen LogP contribution in [0.5, 0.6) is 11.5 Å². The van der Waals surface area contributed by atoms with E-state index in [0.717, 1.165) is 24.3 Å². The van der Waals surface area contributed by atoms with Crippen molar-refractivity contribution in [1.82, 2.24) is 0 Å². The maximum atomic E-state index is 13.4. The van der Waals surface area contributed by atoms with Crippen LogP contribution in [0.25, 0.3) is 0 Å². The van der Waals surface area contributed by atoms with Gasteiger partial charge in [-0.15, -0.1) is 0 Å². The highest BCUT2D eigenvalue weighted by atomic mass is 19.4. The van der Waals surface area contributed by atoms with Crippen LogP contribution in [-0.4, -0.2) is 6.29 Å². The first-order valence-electron chi connectivity index (χ1n) is 5.60. The van der Waals surface area contributed by atoms with Gasteiger partial charge in [-0.25, -0.2) is 8.78 Å². The van der Waals surface area contributed by atoms with Crippen molar-refractivity contribution in [2.45, 2.75) is 6.18 Å². The lowest BCUT2D eigenvalue weighted by atomic mass is 10.1. The van der Waals surface area contributed by atoms with Gasteiger partial charge in [0.05, 0.1) is 5.56 Å². The number of rotatable bonds is 3. The molecule has 0 saturated carbocycles. The normalized spacial score (nSPS) is 11.3. The molecule has 2 aromatic rings. The van der Waals surface area contributed by atoms with Gasteiger partial charge in [-0.05, 0) is 30.3 Å². The first-order valence-corrected chi connectivity index (χ1v) is 5.60. The fourth-order valence-corrected chi connectivity index (χ4v) is 1.61. The van der Waals surface area contributed by atoms with Gasteiger partial charge < -0.3 is 4.74 Å². The van der Waals surface area contributed by atoms with E-state index in [2.05, 4.69) is 0 Å². The summed E-state index contributed by atoms with van der Waals surface area (Å²) in [4.78, 5) is 10.5. The topological polar surface area (TPSA) is 26.3 Å². The van der Waals surface area contributed by atoms with Crippen LogP contribution in [0.3, 0.4) is 0 Å². The summed E-state index contributed by atoms with van der Waals surface area (Å²) in [6.45, 7) is 0. The number of ether oxygens (including phenoxy) is 1. The quantitative estimate of drug-likeness (QED) is 0.612. The third-order valence-electron chi connectivity index (χ3n) is 2.56. The van der Waals surface area contributed by atoms with E-state index in [1.807, 2.05) is 0 Å². The molecule has 0 aliphatic heterocycles. The Morgan fingerprint density at radius 1 is 0.952 bits per heavy atom. The molecule has 0 radical (unpaired) electrons. The highest BCUT2D eigenvalue weighted by Crippen LogP contribution is 2.39. The predicted octanol–water partition coefficient (Wildman–Crippen LogP) is 4.59. The van der Waals surface area contributed by atoms with Crippen LogP contribution in [0.15, 0.2) is 36.4 Å². The molecule has 2 rings (SSSR count). The lowest BCUT2D eigenvalue weighted by Crippen LogP contribution is -2.08. The van der Waals surface area contributed by atoms with E-state index in [-0.39, 0.29) is 11.8 Å². The number of carbonyl (C=O) groups is 1. The van der Waals surface area contributed by atoms with Gasteiger partial charge in [-0.3, -0.25) is 4.79 Å². The summed E-state index contributed by atoms with van der Waals surface area (Å²) in [7, 11) is 0. The second-order valence-corrected chi connectivity index (χ2v) is 4.05.